The first-order chi connectivity index (χ1) is 8.50. The van der Waals surface area contributed by atoms with Gasteiger partial charge in [0, 0.05) is 12.6 Å². The van der Waals surface area contributed by atoms with Crippen LogP contribution in [-0.2, 0) is 4.79 Å². The summed E-state index contributed by atoms with van der Waals surface area (Å²) in [5, 5.41) is 3.32. The average molecular weight is 252 g/mol. The Morgan fingerprint density at radius 3 is 2.33 bits per heavy atom. The monoisotopic (exact) mass is 252 g/mol. The molecule has 0 bridgehead atoms. The summed E-state index contributed by atoms with van der Waals surface area (Å²) in [6.45, 7) is 5.06. The molecule has 1 amide bonds. The van der Waals surface area contributed by atoms with Crippen LogP contribution in [0.1, 0.15) is 65.2 Å². The zero-order valence-electron chi connectivity index (χ0n) is 11.9. The lowest BCUT2D eigenvalue weighted by Gasteiger charge is -2.41. The number of nitrogens with two attached hydrogens (primary N) is 1. The van der Waals surface area contributed by atoms with Crippen LogP contribution in [0, 0.1) is 10.8 Å². The molecule has 3 N–H and O–H groups in total. The highest BCUT2D eigenvalue weighted by Gasteiger charge is 2.42. The second-order valence-electron chi connectivity index (χ2n) is 6.95. The van der Waals surface area contributed by atoms with E-state index < -0.39 is 0 Å². The molecule has 0 heterocycles. The van der Waals surface area contributed by atoms with Crippen LogP contribution in [0.15, 0.2) is 0 Å². The summed E-state index contributed by atoms with van der Waals surface area (Å²) < 4.78 is 0. The van der Waals surface area contributed by atoms with Gasteiger partial charge in [-0.3, -0.25) is 4.79 Å². The average Bonchev–Trinajstić information content (AvgIpc) is 2.81. The van der Waals surface area contributed by atoms with Gasteiger partial charge in [0.2, 0.25) is 5.91 Å². The molecule has 3 nitrogen and oxygen atoms in total. The van der Waals surface area contributed by atoms with E-state index in [0.29, 0.717) is 12.6 Å². The minimum absolute atomic E-state index is 0.225. The van der Waals surface area contributed by atoms with Crippen LogP contribution in [0.3, 0.4) is 0 Å². The normalized spacial score (nSPS) is 30.1. The predicted octanol–water partition coefficient (Wildman–Crippen LogP) is 2.59. The van der Waals surface area contributed by atoms with Crippen LogP contribution in [-0.4, -0.2) is 18.5 Å². The summed E-state index contributed by atoms with van der Waals surface area (Å²) in [4.78, 5) is 12.6. The van der Waals surface area contributed by atoms with Crippen LogP contribution in [0.4, 0.5) is 0 Å². The van der Waals surface area contributed by atoms with Crippen molar-refractivity contribution in [2.45, 2.75) is 71.3 Å². The molecular formula is C15H28N2O. The molecule has 104 valence electrons. The SMILES string of the molecule is CC1(C)CCCCC1NC(=O)C1(CN)CCCC1. The first-order valence-corrected chi connectivity index (χ1v) is 7.51. The lowest BCUT2D eigenvalue weighted by Crippen LogP contribution is -2.53. The molecule has 2 fully saturated rings. The first kappa shape index (κ1) is 13.9. The second-order valence-corrected chi connectivity index (χ2v) is 6.95. The van der Waals surface area contributed by atoms with Gasteiger partial charge >= 0.3 is 0 Å². The van der Waals surface area contributed by atoms with Crippen molar-refractivity contribution < 1.29 is 4.79 Å². The number of hydrogen-bond acceptors (Lipinski definition) is 2. The molecule has 0 aliphatic heterocycles. The molecule has 0 radical (unpaired) electrons. The van der Waals surface area contributed by atoms with Crippen molar-refractivity contribution in [3.63, 3.8) is 0 Å². The van der Waals surface area contributed by atoms with E-state index in [9.17, 15) is 4.79 Å². The molecule has 0 saturated heterocycles. The standard InChI is InChI=1S/C15H28N2O/c1-14(2)8-4-3-7-12(14)17-13(18)15(11-16)9-5-6-10-15/h12H,3-11,16H2,1-2H3,(H,17,18). The van der Waals surface area contributed by atoms with E-state index >= 15 is 0 Å². The maximum atomic E-state index is 12.6. The number of rotatable bonds is 3. The van der Waals surface area contributed by atoms with Crippen molar-refractivity contribution in [3.05, 3.63) is 0 Å². The second kappa shape index (κ2) is 5.20. The smallest absolute Gasteiger partial charge is 0.227 e. The highest BCUT2D eigenvalue weighted by Crippen LogP contribution is 2.40. The number of amides is 1. The summed E-state index contributed by atoms with van der Waals surface area (Å²) >= 11 is 0. The molecule has 2 saturated carbocycles. The van der Waals surface area contributed by atoms with Crippen molar-refractivity contribution in [3.8, 4) is 0 Å². The Balaban J connectivity index is 2.01. The van der Waals surface area contributed by atoms with Crippen LogP contribution < -0.4 is 11.1 Å². The Kier molecular flexibility index (Phi) is 4.00. The van der Waals surface area contributed by atoms with Crippen LogP contribution in [0.5, 0.6) is 0 Å². The van der Waals surface area contributed by atoms with Gasteiger partial charge in [-0.05, 0) is 31.1 Å². The molecule has 3 heteroatoms. The Bertz CT molecular complexity index is 306. The summed E-state index contributed by atoms with van der Waals surface area (Å²) in [5.74, 6) is 0.225. The number of carbonyl (C=O) groups excluding carboxylic acids is 1. The van der Waals surface area contributed by atoms with Crippen molar-refractivity contribution >= 4 is 5.91 Å². The molecule has 2 rings (SSSR count). The molecule has 0 aromatic heterocycles. The topological polar surface area (TPSA) is 55.1 Å². The van der Waals surface area contributed by atoms with Crippen molar-refractivity contribution in [1.29, 1.82) is 0 Å². The quantitative estimate of drug-likeness (QED) is 0.811. The summed E-state index contributed by atoms with van der Waals surface area (Å²) in [6, 6.07) is 0.336. The van der Waals surface area contributed by atoms with Gasteiger partial charge in [0.05, 0.1) is 5.41 Å². The van der Waals surface area contributed by atoms with Gasteiger partial charge in [0.1, 0.15) is 0 Å². The van der Waals surface area contributed by atoms with E-state index in [1.165, 1.54) is 19.3 Å². The Morgan fingerprint density at radius 1 is 1.17 bits per heavy atom. The van der Waals surface area contributed by atoms with Gasteiger partial charge in [-0.15, -0.1) is 0 Å². The van der Waals surface area contributed by atoms with Gasteiger partial charge < -0.3 is 11.1 Å². The van der Waals surface area contributed by atoms with Gasteiger partial charge in [-0.1, -0.05) is 39.5 Å². The third kappa shape index (κ3) is 2.56. The van der Waals surface area contributed by atoms with Crippen molar-refractivity contribution in [1.82, 2.24) is 5.32 Å². The zero-order valence-corrected chi connectivity index (χ0v) is 11.9. The summed E-state index contributed by atoms with van der Waals surface area (Å²) in [5.41, 5.74) is 5.86. The van der Waals surface area contributed by atoms with Crippen LogP contribution in [0.25, 0.3) is 0 Å². The minimum atomic E-state index is -0.256. The molecule has 1 atom stereocenters. The van der Waals surface area contributed by atoms with Crippen LogP contribution in [0.2, 0.25) is 0 Å². The van der Waals surface area contributed by atoms with E-state index in [1.807, 2.05) is 0 Å². The highest BCUT2D eigenvalue weighted by atomic mass is 16.2. The van der Waals surface area contributed by atoms with E-state index in [2.05, 4.69) is 19.2 Å². The van der Waals surface area contributed by atoms with Gasteiger partial charge in [-0.2, -0.15) is 0 Å². The Morgan fingerprint density at radius 2 is 1.78 bits per heavy atom. The van der Waals surface area contributed by atoms with Crippen molar-refractivity contribution in [2.75, 3.05) is 6.54 Å². The van der Waals surface area contributed by atoms with Crippen LogP contribution >= 0.6 is 0 Å². The fraction of sp³-hybridized carbons (Fsp3) is 0.933. The lowest BCUT2D eigenvalue weighted by atomic mass is 9.72. The Hall–Kier alpha value is -0.570. The molecule has 2 aliphatic rings. The van der Waals surface area contributed by atoms with E-state index in [-0.39, 0.29) is 16.7 Å². The van der Waals surface area contributed by atoms with Gasteiger partial charge in [-0.25, -0.2) is 0 Å². The summed E-state index contributed by atoms with van der Waals surface area (Å²) in [6.07, 6.45) is 9.13. The summed E-state index contributed by atoms with van der Waals surface area (Å²) in [7, 11) is 0. The molecule has 0 aromatic carbocycles. The predicted molar refractivity (Wildman–Crippen MR) is 74.1 cm³/mol. The molecule has 2 aliphatic carbocycles. The molecule has 0 spiro atoms. The third-order valence-corrected chi connectivity index (χ3v) is 5.25. The van der Waals surface area contributed by atoms with Crippen molar-refractivity contribution in [2.24, 2.45) is 16.6 Å². The first-order valence-electron chi connectivity index (χ1n) is 7.51. The lowest BCUT2D eigenvalue weighted by molar-refractivity contribution is -0.132. The van der Waals surface area contributed by atoms with E-state index in [1.54, 1.807) is 0 Å². The third-order valence-electron chi connectivity index (χ3n) is 5.25. The number of nitrogens with one attached hydrogen (secondary N) is 1. The highest BCUT2D eigenvalue weighted by molar-refractivity contribution is 5.83. The Labute approximate surface area is 111 Å². The van der Waals surface area contributed by atoms with E-state index in [4.69, 9.17) is 5.73 Å². The maximum absolute atomic E-state index is 12.6. The minimum Gasteiger partial charge on any atom is -0.352 e. The molecule has 0 aromatic rings. The fourth-order valence-corrected chi connectivity index (χ4v) is 3.65. The zero-order chi connectivity index (χ0) is 13.2. The number of hydrogen-bond donors (Lipinski definition) is 2. The maximum Gasteiger partial charge on any atom is 0.227 e. The molecule has 1 unspecified atom stereocenters. The largest absolute Gasteiger partial charge is 0.352 e. The fourth-order valence-electron chi connectivity index (χ4n) is 3.65. The molecular weight excluding hydrogens is 224 g/mol. The molecule has 18 heavy (non-hydrogen) atoms. The van der Waals surface area contributed by atoms with Gasteiger partial charge in [0.25, 0.3) is 0 Å². The number of carbonyl (C=O) groups is 1. The van der Waals surface area contributed by atoms with Gasteiger partial charge in [0.15, 0.2) is 0 Å². The van der Waals surface area contributed by atoms with E-state index in [0.717, 1.165) is 32.1 Å².